The number of anilines is 1. The van der Waals surface area contributed by atoms with E-state index < -0.39 is 10.0 Å². The molecule has 1 aromatic carbocycles. The van der Waals surface area contributed by atoms with E-state index in [2.05, 4.69) is 20.7 Å². The lowest BCUT2D eigenvalue weighted by Gasteiger charge is -2.07. The second-order valence-corrected chi connectivity index (χ2v) is 8.65. The summed E-state index contributed by atoms with van der Waals surface area (Å²) in [5.41, 5.74) is 1.41. The van der Waals surface area contributed by atoms with Crippen LogP contribution in [0.25, 0.3) is 0 Å². The SMILES string of the molecule is O=S(=O)(Nc1ccc(CCO)cc1)c1cc(Cl)c(Br)s1. The van der Waals surface area contributed by atoms with Crippen molar-refractivity contribution in [3.63, 3.8) is 0 Å². The van der Waals surface area contributed by atoms with Crippen molar-refractivity contribution in [1.29, 1.82) is 0 Å². The lowest BCUT2D eigenvalue weighted by molar-refractivity contribution is 0.299. The van der Waals surface area contributed by atoms with Crippen LogP contribution in [0.5, 0.6) is 0 Å². The van der Waals surface area contributed by atoms with E-state index in [-0.39, 0.29) is 10.8 Å². The summed E-state index contributed by atoms with van der Waals surface area (Å²) >= 11 is 10.1. The Morgan fingerprint density at radius 1 is 1.30 bits per heavy atom. The van der Waals surface area contributed by atoms with Gasteiger partial charge >= 0.3 is 0 Å². The van der Waals surface area contributed by atoms with Gasteiger partial charge in [0.05, 0.1) is 8.81 Å². The third-order valence-corrected chi connectivity index (χ3v) is 6.82. The third-order valence-electron chi connectivity index (χ3n) is 2.49. The average Bonchev–Trinajstić information content (AvgIpc) is 2.73. The number of benzene rings is 1. The number of hydrogen-bond acceptors (Lipinski definition) is 4. The van der Waals surface area contributed by atoms with Gasteiger partial charge in [-0.3, -0.25) is 4.72 Å². The molecular formula is C12H11BrClNO3S2. The maximum Gasteiger partial charge on any atom is 0.271 e. The second kappa shape index (κ2) is 6.44. The Morgan fingerprint density at radius 2 is 1.95 bits per heavy atom. The van der Waals surface area contributed by atoms with E-state index in [1.165, 1.54) is 6.07 Å². The topological polar surface area (TPSA) is 66.4 Å². The highest BCUT2D eigenvalue weighted by atomic mass is 79.9. The van der Waals surface area contributed by atoms with Crippen molar-refractivity contribution in [2.24, 2.45) is 0 Å². The summed E-state index contributed by atoms with van der Waals surface area (Å²) < 4.78 is 27.5. The molecule has 0 spiro atoms. The van der Waals surface area contributed by atoms with Crippen molar-refractivity contribution >= 4 is 54.6 Å². The van der Waals surface area contributed by atoms with Gasteiger partial charge in [-0.25, -0.2) is 8.42 Å². The summed E-state index contributed by atoms with van der Waals surface area (Å²) in [7, 11) is -3.64. The van der Waals surface area contributed by atoms with E-state index in [1.807, 2.05) is 0 Å². The van der Waals surface area contributed by atoms with Gasteiger partial charge in [0, 0.05) is 12.3 Å². The normalized spacial score (nSPS) is 11.6. The predicted octanol–water partition coefficient (Wildman–Crippen LogP) is 3.50. The lowest BCUT2D eigenvalue weighted by atomic mass is 10.1. The van der Waals surface area contributed by atoms with Crippen molar-refractivity contribution in [2.75, 3.05) is 11.3 Å². The van der Waals surface area contributed by atoms with Crippen molar-refractivity contribution in [2.45, 2.75) is 10.6 Å². The molecule has 2 aromatic rings. The first-order valence-electron chi connectivity index (χ1n) is 5.60. The predicted molar refractivity (Wildman–Crippen MR) is 85.1 cm³/mol. The van der Waals surface area contributed by atoms with Crippen LogP contribution in [-0.2, 0) is 16.4 Å². The summed E-state index contributed by atoms with van der Waals surface area (Å²) in [6.45, 7) is 0.0623. The number of aliphatic hydroxyl groups is 1. The minimum absolute atomic E-state index is 0.0623. The van der Waals surface area contributed by atoms with Crippen LogP contribution < -0.4 is 4.72 Å². The molecule has 2 rings (SSSR count). The maximum atomic E-state index is 12.2. The van der Waals surface area contributed by atoms with E-state index in [0.717, 1.165) is 16.9 Å². The first kappa shape index (κ1) is 15.8. The van der Waals surface area contributed by atoms with E-state index in [1.54, 1.807) is 24.3 Å². The van der Waals surface area contributed by atoms with Crippen LogP contribution in [0.3, 0.4) is 0 Å². The highest BCUT2D eigenvalue weighted by molar-refractivity contribution is 9.11. The van der Waals surface area contributed by atoms with Crippen molar-refractivity contribution in [3.05, 3.63) is 44.7 Å². The molecule has 0 unspecified atom stereocenters. The minimum Gasteiger partial charge on any atom is -0.396 e. The van der Waals surface area contributed by atoms with Gasteiger partial charge in [0.1, 0.15) is 4.21 Å². The molecule has 0 saturated carbocycles. The van der Waals surface area contributed by atoms with Crippen LogP contribution in [0, 0.1) is 0 Å². The fraction of sp³-hybridized carbons (Fsp3) is 0.167. The lowest BCUT2D eigenvalue weighted by Crippen LogP contribution is -2.11. The Balaban J connectivity index is 2.19. The Labute approximate surface area is 134 Å². The molecule has 1 heterocycles. The summed E-state index contributed by atoms with van der Waals surface area (Å²) in [6.07, 6.45) is 0.542. The molecule has 2 N–H and O–H groups in total. The number of thiophene rings is 1. The highest BCUT2D eigenvalue weighted by Gasteiger charge is 2.19. The molecule has 0 aliphatic rings. The van der Waals surface area contributed by atoms with Crippen molar-refractivity contribution in [3.8, 4) is 0 Å². The zero-order valence-corrected chi connectivity index (χ0v) is 14.1. The molecule has 0 atom stereocenters. The molecule has 0 bridgehead atoms. The standard InChI is InChI=1S/C12H11BrClNO3S2/c13-12-10(14)7-11(19-12)20(17,18)15-9-3-1-8(2-4-9)5-6-16/h1-4,7,15-16H,5-6H2. The van der Waals surface area contributed by atoms with Gasteiger partial charge in [0.2, 0.25) is 0 Å². The van der Waals surface area contributed by atoms with E-state index in [9.17, 15) is 8.42 Å². The number of sulfonamides is 1. The Kier molecular flexibility index (Phi) is 5.09. The number of rotatable bonds is 5. The van der Waals surface area contributed by atoms with Gasteiger partial charge < -0.3 is 5.11 Å². The summed E-state index contributed by atoms with van der Waals surface area (Å²) in [6, 6.07) is 8.26. The van der Waals surface area contributed by atoms with Crippen LogP contribution in [0.1, 0.15) is 5.56 Å². The minimum atomic E-state index is -3.64. The summed E-state index contributed by atoms with van der Waals surface area (Å²) in [5, 5.41) is 9.19. The Bertz CT molecular complexity index is 678. The monoisotopic (exact) mass is 395 g/mol. The molecule has 1 aromatic heterocycles. The highest BCUT2D eigenvalue weighted by Crippen LogP contribution is 2.35. The van der Waals surface area contributed by atoms with Gasteiger partial charge in [-0.1, -0.05) is 23.7 Å². The van der Waals surface area contributed by atoms with Crippen LogP contribution in [-0.4, -0.2) is 20.1 Å². The van der Waals surface area contributed by atoms with Gasteiger partial charge in [0.25, 0.3) is 10.0 Å². The van der Waals surface area contributed by atoms with E-state index >= 15 is 0 Å². The molecule has 20 heavy (non-hydrogen) atoms. The Hall–Kier alpha value is -0.600. The summed E-state index contributed by atoms with van der Waals surface area (Å²) in [4.78, 5) is 0. The molecule has 0 amide bonds. The van der Waals surface area contributed by atoms with Crippen LogP contribution in [0.4, 0.5) is 5.69 Å². The summed E-state index contributed by atoms with van der Waals surface area (Å²) in [5.74, 6) is 0. The number of nitrogens with one attached hydrogen (secondary N) is 1. The van der Waals surface area contributed by atoms with Gasteiger partial charge in [-0.15, -0.1) is 11.3 Å². The molecule has 4 nitrogen and oxygen atoms in total. The molecule has 0 aliphatic heterocycles. The molecule has 108 valence electrons. The second-order valence-electron chi connectivity index (χ2n) is 3.96. The zero-order valence-electron chi connectivity index (χ0n) is 10.1. The number of hydrogen-bond donors (Lipinski definition) is 2. The number of aliphatic hydroxyl groups excluding tert-OH is 1. The average molecular weight is 397 g/mol. The first-order chi connectivity index (χ1) is 9.42. The van der Waals surface area contributed by atoms with Crippen LogP contribution in [0.15, 0.2) is 38.3 Å². The fourth-order valence-electron chi connectivity index (χ4n) is 1.53. The molecule has 0 fully saturated rings. The van der Waals surface area contributed by atoms with Gasteiger partial charge in [-0.05, 0) is 46.1 Å². The molecule has 8 heteroatoms. The molecule has 0 radical (unpaired) electrons. The molecular weight excluding hydrogens is 386 g/mol. The molecule has 0 aliphatic carbocycles. The van der Waals surface area contributed by atoms with Crippen molar-refractivity contribution in [1.82, 2.24) is 0 Å². The Morgan fingerprint density at radius 3 is 2.45 bits per heavy atom. The largest absolute Gasteiger partial charge is 0.396 e. The van der Waals surface area contributed by atoms with Gasteiger partial charge in [-0.2, -0.15) is 0 Å². The smallest absolute Gasteiger partial charge is 0.271 e. The van der Waals surface area contributed by atoms with E-state index in [0.29, 0.717) is 20.9 Å². The van der Waals surface area contributed by atoms with E-state index in [4.69, 9.17) is 16.7 Å². The first-order valence-corrected chi connectivity index (χ1v) is 9.07. The van der Waals surface area contributed by atoms with Crippen LogP contribution >= 0.6 is 38.9 Å². The molecule has 0 saturated heterocycles. The number of halogens is 2. The third kappa shape index (κ3) is 3.73. The maximum absolute atomic E-state index is 12.2. The zero-order chi connectivity index (χ0) is 14.8. The fourth-order valence-corrected chi connectivity index (χ4v) is 4.99. The van der Waals surface area contributed by atoms with Crippen LogP contribution in [0.2, 0.25) is 5.02 Å². The van der Waals surface area contributed by atoms with Gasteiger partial charge in [0.15, 0.2) is 0 Å². The quantitative estimate of drug-likeness (QED) is 0.813. The van der Waals surface area contributed by atoms with Crippen molar-refractivity contribution < 1.29 is 13.5 Å².